The molecule has 0 radical (unpaired) electrons. The highest BCUT2D eigenvalue weighted by Crippen LogP contribution is 2.42. The number of carbonyl (C=O) groups is 1. The normalized spacial score (nSPS) is 15.1. The molecule has 0 saturated heterocycles. The third-order valence-corrected chi connectivity index (χ3v) is 7.43. The zero-order valence-electron chi connectivity index (χ0n) is 17.2. The highest BCUT2D eigenvalue weighted by molar-refractivity contribution is 7.93. The van der Waals surface area contributed by atoms with Crippen molar-refractivity contribution in [1.29, 1.82) is 0 Å². The predicted molar refractivity (Wildman–Crippen MR) is 119 cm³/mol. The first-order valence-electron chi connectivity index (χ1n) is 9.86. The average Bonchev–Trinajstić information content (AvgIpc) is 2.73. The second kappa shape index (κ2) is 7.61. The molecule has 0 aromatic heterocycles. The lowest BCUT2D eigenvalue weighted by molar-refractivity contribution is -0.120. The smallest absolute Gasteiger partial charge is 0.265 e. The SMILES string of the molecule is Cc1ccc([C@@H](C)NC(=O)CN2c3ccccc3-c3ccccc3S2(=O)=O)cc1C. The van der Waals surface area contributed by atoms with E-state index in [1.165, 1.54) is 9.87 Å². The van der Waals surface area contributed by atoms with Crippen LogP contribution in [0.1, 0.15) is 29.7 Å². The minimum absolute atomic E-state index is 0.221. The van der Waals surface area contributed by atoms with Crippen LogP contribution in [0.2, 0.25) is 0 Å². The van der Waals surface area contributed by atoms with Crippen molar-refractivity contribution in [2.24, 2.45) is 0 Å². The van der Waals surface area contributed by atoms with Crippen LogP contribution < -0.4 is 9.62 Å². The molecule has 1 aliphatic heterocycles. The molecular weight excluding hydrogens is 396 g/mol. The fourth-order valence-corrected chi connectivity index (χ4v) is 5.44. The average molecular weight is 421 g/mol. The van der Waals surface area contributed by atoms with E-state index >= 15 is 0 Å². The van der Waals surface area contributed by atoms with Crippen LogP contribution in [0.3, 0.4) is 0 Å². The molecule has 6 heteroatoms. The van der Waals surface area contributed by atoms with Gasteiger partial charge in [0, 0.05) is 11.1 Å². The summed E-state index contributed by atoms with van der Waals surface area (Å²) in [5.41, 5.74) is 5.31. The number of sulfonamides is 1. The van der Waals surface area contributed by atoms with Crippen molar-refractivity contribution in [1.82, 2.24) is 5.32 Å². The van der Waals surface area contributed by atoms with Crippen molar-refractivity contribution in [3.63, 3.8) is 0 Å². The van der Waals surface area contributed by atoms with Gasteiger partial charge in [-0.05, 0) is 49.6 Å². The maximum absolute atomic E-state index is 13.3. The lowest BCUT2D eigenvalue weighted by atomic mass is 10.0. The highest BCUT2D eigenvalue weighted by Gasteiger charge is 2.35. The molecular formula is C24H24N2O3S. The van der Waals surface area contributed by atoms with Gasteiger partial charge in [0.25, 0.3) is 10.0 Å². The summed E-state index contributed by atoms with van der Waals surface area (Å²) in [5.74, 6) is -0.349. The molecule has 1 atom stereocenters. The third kappa shape index (κ3) is 3.48. The van der Waals surface area contributed by atoms with E-state index in [1.54, 1.807) is 30.3 Å². The first kappa shape index (κ1) is 20.2. The van der Waals surface area contributed by atoms with Crippen LogP contribution in [0.25, 0.3) is 11.1 Å². The van der Waals surface area contributed by atoms with Crippen molar-refractivity contribution in [3.8, 4) is 11.1 Å². The van der Waals surface area contributed by atoms with Crippen LogP contribution >= 0.6 is 0 Å². The molecule has 0 fully saturated rings. The second-order valence-corrected chi connectivity index (χ2v) is 9.49. The maximum Gasteiger partial charge on any atom is 0.265 e. The molecule has 0 bridgehead atoms. The molecule has 3 aromatic carbocycles. The summed E-state index contributed by atoms with van der Waals surface area (Å²) in [4.78, 5) is 13.1. The summed E-state index contributed by atoms with van der Waals surface area (Å²) >= 11 is 0. The molecule has 4 rings (SSSR count). The second-order valence-electron chi connectivity index (χ2n) is 7.66. The van der Waals surface area contributed by atoms with Crippen molar-refractivity contribution < 1.29 is 13.2 Å². The number of nitrogens with zero attached hydrogens (tertiary/aromatic N) is 1. The molecule has 0 saturated carbocycles. The summed E-state index contributed by atoms with van der Waals surface area (Å²) in [6.07, 6.45) is 0. The fraction of sp³-hybridized carbons (Fsp3) is 0.208. The monoisotopic (exact) mass is 420 g/mol. The fourth-order valence-electron chi connectivity index (χ4n) is 3.79. The van der Waals surface area contributed by atoms with E-state index in [2.05, 4.69) is 5.32 Å². The van der Waals surface area contributed by atoms with Crippen molar-refractivity contribution in [2.45, 2.75) is 31.7 Å². The molecule has 1 heterocycles. The van der Waals surface area contributed by atoms with Gasteiger partial charge in [-0.15, -0.1) is 0 Å². The largest absolute Gasteiger partial charge is 0.348 e. The molecule has 5 nitrogen and oxygen atoms in total. The molecule has 0 aliphatic carbocycles. The Morgan fingerprint density at radius 2 is 1.60 bits per heavy atom. The van der Waals surface area contributed by atoms with Gasteiger partial charge in [-0.25, -0.2) is 8.42 Å². The van der Waals surface area contributed by atoms with Crippen LogP contribution in [0.15, 0.2) is 71.6 Å². The number of fused-ring (bicyclic) bond motifs is 3. The molecule has 154 valence electrons. The maximum atomic E-state index is 13.3. The minimum atomic E-state index is -3.83. The van der Waals surface area contributed by atoms with E-state index in [0.717, 1.165) is 16.7 Å². The summed E-state index contributed by atoms with van der Waals surface area (Å²) < 4.78 is 27.8. The van der Waals surface area contributed by atoms with Crippen molar-refractivity contribution >= 4 is 21.6 Å². The quantitative estimate of drug-likeness (QED) is 0.682. The molecule has 0 unspecified atom stereocenters. The van der Waals surface area contributed by atoms with Gasteiger partial charge in [-0.3, -0.25) is 9.10 Å². The molecule has 30 heavy (non-hydrogen) atoms. The van der Waals surface area contributed by atoms with Gasteiger partial charge in [0.15, 0.2) is 0 Å². The van der Waals surface area contributed by atoms with Crippen LogP contribution in [-0.2, 0) is 14.8 Å². The Balaban J connectivity index is 1.62. The molecule has 1 amide bonds. The number of para-hydroxylation sites is 1. The Bertz CT molecular complexity index is 1230. The predicted octanol–water partition coefficient (Wildman–Crippen LogP) is 4.36. The van der Waals surface area contributed by atoms with Gasteiger partial charge >= 0.3 is 0 Å². The van der Waals surface area contributed by atoms with Crippen LogP contribution in [-0.4, -0.2) is 20.9 Å². The van der Waals surface area contributed by atoms with Gasteiger partial charge < -0.3 is 5.32 Å². The first-order chi connectivity index (χ1) is 14.3. The summed E-state index contributed by atoms with van der Waals surface area (Å²) in [7, 11) is -3.83. The topological polar surface area (TPSA) is 66.5 Å². The number of anilines is 1. The number of carbonyl (C=O) groups excluding carboxylic acids is 1. The molecule has 3 aromatic rings. The van der Waals surface area contributed by atoms with Crippen LogP contribution in [0.5, 0.6) is 0 Å². The number of hydrogen-bond donors (Lipinski definition) is 1. The Kier molecular flexibility index (Phi) is 5.12. The number of aryl methyl sites for hydroxylation is 2. The highest BCUT2D eigenvalue weighted by atomic mass is 32.2. The number of nitrogens with one attached hydrogen (secondary N) is 1. The lowest BCUT2D eigenvalue weighted by Crippen LogP contribution is -2.43. The summed E-state index contributed by atoms with van der Waals surface area (Å²) in [5, 5.41) is 2.94. The van der Waals surface area contributed by atoms with Gasteiger partial charge in [0.2, 0.25) is 5.91 Å². The van der Waals surface area contributed by atoms with E-state index in [4.69, 9.17) is 0 Å². The Hall–Kier alpha value is -3.12. The van der Waals surface area contributed by atoms with Crippen molar-refractivity contribution in [3.05, 3.63) is 83.4 Å². The van der Waals surface area contributed by atoms with Gasteiger partial charge in [0.1, 0.15) is 6.54 Å². The Labute approximate surface area is 177 Å². The molecule has 1 aliphatic rings. The van der Waals surface area contributed by atoms with Crippen LogP contribution in [0.4, 0.5) is 5.69 Å². The van der Waals surface area contributed by atoms with E-state index in [0.29, 0.717) is 11.3 Å². The molecule has 1 N–H and O–H groups in total. The van der Waals surface area contributed by atoms with E-state index in [1.807, 2.05) is 57.2 Å². The van der Waals surface area contributed by atoms with E-state index in [9.17, 15) is 13.2 Å². The lowest BCUT2D eigenvalue weighted by Gasteiger charge is -2.31. The van der Waals surface area contributed by atoms with E-state index in [-0.39, 0.29) is 23.4 Å². The number of rotatable bonds is 4. The Morgan fingerprint density at radius 3 is 2.33 bits per heavy atom. The molecule has 0 spiro atoms. The number of amides is 1. The van der Waals surface area contributed by atoms with Gasteiger partial charge in [-0.1, -0.05) is 54.6 Å². The minimum Gasteiger partial charge on any atom is -0.348 e. The van der Waals surface area contributed by atoms with Gasteiger partial charge in [-0.2, -0.15) is 0 Å². The van der Waals surface area contributed by atoms with Crippen molar-refractivity contribution in [2.75, 3.05) is 10.8 Å². The number of hydrogen-bond acceptors (Lipinski definition) is 3. The first-order valence-corrected chi connectivity index (χ1v) is 11.3. The summed E-state index contributed by atoms with van der Waals surface area (Å²) in [6.45, 7) is 5.69. The third-order valence-electron chi connectivity index (χ3n) is 5.61. The Morgan fingerprint density at radius 1 is 0.933 bits per heavy atom. The zero-order chi connectivity index (χ0) is 21.5. The standard InChI is InChI=1S/C24H24N2O3S/c1-16-12-13-19(14-17(16)2)18(3)25-24(27)15-26-22-10-6-4-8-20(22)21-9-5-7-11-23(21)30(26,28)29/h4-14,18H,15H2,1-3H3,(H,25,27)/t18-/m1/s1. The number of benzene rings is 3. The zero-order valence-corrected chi connectivity index (χ0v) is 18.0. The summed E-state index contributed by atoms with van der Waals surface area (Å²) in [6, 6.07) is 20.0. The van der Waals surface area contributed by atoms with Crippen LogP contribution in [0, 0.1) is 13.8 Å². The van der Waals surface area contributed by atoms with E-state index < -0.39 is 10.0 Å². The van der Waals surface area contributed by atoms with Gasteiger partial charge in [0.05, 0.1) is 16.6 Å².